The van der Waals surface area contributed by atoms with Crippen molar-refractivity contribution in [1.29, 1.82) is 0 Å². The van der Waals surface area contributed by atoms with Gasteiger partial charge in [0.25, 0.3) is 5.91 Å². The van der Waals surface area contributed by atoms with E-state index in [0.717, 1.165) is 12.5 Å². The Morgan fingerprint density at radius 3 is 2.63 bits per heavy atom. The smallest absolute Gasteiger partial charge is 0.305 e. The molecule has 0 spiro atoms. The molecule has 1 aromatic rings. The zero-order valence-electron chi connectivity index (χ0n) is 10.9. The lowest BCUT2D eigenvalue weighted by molar-refractivity contribution is -0.137. The van der Waals surface area contributed by atoms with Gasteiger partial charge in [-0.15, -0.1) is 0 Å². The number of nitrogens with one attached hydrogen (secondary N) is 1. The summed E-state index contributed by atoms with van der Waals surface area (Å²) in [4.78, 5) is 33.8. The van der Waals surface area contributed by atoms with Gasteiger partial charge in [-0.2, -0.15) is 0 Å². The van der Waals surface area contributed by atoms with E-state index in [1.54, 1.807) is 6.92 Å². The molecular weight excluding hydrogens is 250 g/mol. The van der Waals surface area contributed by atoms with Crippen molar-refractivity contribution >= 4 is 11.9 Å². The predicted octanol–water partition coefficient (Wildman–Crippen LogP) is 1.32. The van der Waals surface area contributed by atoms with E-state index in [9.17, 15) is 14.4 Å². The van der Waals surface area contributed by atoms with E-state index in [1.165, 1.54) is 6.07 Å². The first-order valence-electron chi connectivity index (χ1n) is 6.06. The van der Waals surface area contributed by atoms with E-state index in [0.29, 0.717) is 12.2 Å². The van der Waals surface area contributed by atoms with Gasteiger partial charge in [-0.1, -0.05) is 13.3 Å². The molecule has 0 aliphatic heterocycles. The molecule has 6 nitrogen and oxygen atoms in total. The highest BCUT2D eigenvalue weighted by Gasteiger charge is 2.18. The van der Waals surface area contributed by atoms with Crippen LogP contribution >= 0.6 is 0 Å². The van der Waals surface area contributed by atoms with Gasteiger partial charge in [-0.25, -0.2) is 0 Å². The molecule has 1 atom stereocenters. The first kappa shape index (κ1) is 14.9. The lowest BCUT2D eigenvalue weighted by atomic mass is 10.1. The molecule has 1 amide bonds. The van der Waals surface area contributed by atoms with Gasteiger partial charge in [0.2, 0.25) is 0 Å². The predicted molar refractivity (Wildman–Crippen MR) is 68.1 cm³/mol. The maximum absolute atomic E-state index is 11.9. The number of rotatable bonds is 6. The van der Waals surface area contributed by atoms with Crippen molar-refractivity contribution in [3.05, 3.63) is 33.9 Å². The number of aryl methyl sites for hydroxylation is 1. The Morgan fingerprint density at radius 2 is 2.11 bits per heavy atom. The molecule has 0 unspecified atom stereocenters. The summed E-state index contributed by atoms with van der Waals surface area (Å²) in [5.74, 6) is -1.32. The number of hydrogen-bond donors (Lipinski definition) is 2. The summed E-state index contributed by atoms with van der Waals surface area (Å²) in [6.45, 7) is 3.47. The molecule has 1 aromatic heterocycles. The number of hydrogen-bond acceptors (Lipinski definition) is 4. The number of carboxylic acid groups (broad SMARTS) is 1. The molecule has 0 aliphatic rings. The van der Waals surface area contributed by atoms with E-state index in [2.05, 4.69) is 5.32 Å². The summed E-state index contributed by atoms with van der Waals surface area (Å²) in [5.41, 5.74) is -0.320. The monoisotopic (exact) mass is 267 g/mol. The summed E-state index contributed by atoms with van der Waals surface area (Å²) in [5, 5.41) is 11.3. The minimum absolute atomic E-state index is 0.100. The molecule has 2 N–H and O–H groups in total. The van der Waals surface area contributed by atoms with Crippen molar-refractivity contribution in [2.75, 3.05) is 0 Å². The first-order chi connectivity index (χ1) is 8.92. The van der Waals surface area contributed by atoms with Crippen molar-refractivity contribution in [3.63, 3.8) is 0 Å². The highest BCUT2D eigenvalue weighted by atomic mass is 16.4. The second-order valence-corrected chi connectivity index (χ2v) is 4.32. The number of carboxylic acids is 1. The van der Waals surface area contributed by atoms with Gasteiger partial charge in [0.15, 0.2) is 11.2 Å². The molecule has 1 rings (SSSR count). The van der Waals surface area contributed by atoms with Gasteiger partial charge >= 0.3 is 5.97 Å². The molecule has 0 bridgehead atoms. The van der Waals surface area contributed by atoms with Crippen molar-refractivity contribution in [2.24, 2.45) is 0 Å². The zero-order valence-corrected chi connectivity index (χ0v) is 10.9. The van der Waals surface area contributed by atoms with Crippen LogP contribution in [0.2, 0.25) is 0 Å². The second-order valence-electron chi connectivity index (χ2n) is 4.32. The fraction of sp³-hybridized carbons (Fsp3) is 0.462. The molecule has 104 valence electrons. The number of carbonyl (C=O) groups excluding carboxylic acids is 1. The summed E-state index contributed by atoms with van der Waals surface area (Å²) in [7, 11) is 0. The topological polar surface area (TPSA) is 96.6 Å². The van der Waals surface area contributed by atoms with Crippen molar-refractivity contribution in [1.82, 2.24) is 5.32 Å². The van der Waals surface area contributed by atoms with Crippen LogP contribution in [0.4, 0.5) is 0 Å². The molecule has 0 aliphatic carbocycles. The maximum Gasteiger partial charge on any atom is 0.305 e. The van der Waals surface area contributed by atoms with Gasteiger partial charge in [0, 0.05) is 18.2 Å². The lowest BCUT2D eigenvalue weighted by Gasteiger charge is -2.15. The van der Waals surface area contributed by atoms with Crippen LogP contribution in [0, 0.1) is 6.92 Å². The van der Waals surface area contributed by atoms with E-state index in [1.807, 2.05) is 6.92 Å². The molecule has 0 radical (unpaired) electrons. The highest BCUT2D eigenvalue weighted by Crippen LogP contribution is 2.05. The zero-order chi connectivity index (χ0) is 14.4. The van der Waals surface area contributed by atoms with Crippen LogP contribution in [0.3, 0.4) is 0 Å². The van der Waals surface area contributed by atoms with E-state index < -0.39 is 17.9 Å². The third-order valence-electron chi connectivity index (χ3n) is 2.51. The fourth-order valence-electron chi connectivity index (χ4n) is 1.76. The van der Waals surface area contributed by atoms with E-state index in [4.69, 9.17) is 9.52 Å². The lowest BCUT2D eigenvalue weighted by Crippen LogP contribution is -2.36. The van der Waals surface area contributed by atoms with Gasteiger partial charge in [0.1, 0.15) is 5.76 Å². The number of aliphatic carboxylic acids is 1. The Morgan fingerprint density at radius 1 is 1.42 bits per heavy atom. The normalized spacial score (nSPS) is 11.9. The average molecular weight is 267 g/mol. The van der Waals surface area contributed by atoms with Gasteiger partial charge < -0.3 is 14.8 Å². The van der Waals surface area contributed by atoms with E-state index >= 15 is 0 Å². The number of carbonyl (C=O) groups is 2. The average Bonchev–Trinajstić information content (AvgIpc) is 2.26. The van der Waals surface area contributed by atoms with Crippen LogP contribution in [-0.2, 0) is 4.79 Å². The van der Waals surface area contributed by atoms with Crippen LogP contribution in [0.5, 0.6) is 0 Å². The van der Waals surface area contributed by atoms with Crippen molar-refractivity contribution in [2.45, 2.75) is 39.2 Å². The van der Waals surface area contributed by atoms with Crippen LogP contribution in [0.25, 0.3) is 0 Å². The molecule has 0 saturated carbocycles. The first-order valence-corrected chi connectivity index (χ1v) is 6.06. The Labute approximate surface area is 110 Å². The molecular formula is C13H17NO5. The van der Waals surface area contributed by atoms with E-state index in [-0.39, 0.29) is 17.6 Å². The quantitative estimate of drug-likeness (QED) is 0.810. The molecule has 1 heterocycles. The number of amides is 1. The van der Waals surface area contributed by atoms with Crippen LogP contribution < -0.4 is 10.7 Å². The highest BCUT2D eigenvalue weighted by molar-refractivity contribution is 5.91. The Kier molecular flexibility index (Phi) is 5.29. The summed E-state index contributed by atoms with van der Waals surface area (Å²) in [6, 6.07) is 1.89. The second kappa shape index (κ2) is 6.72. The fourth-order valence-corrected chi connectivity index (χ4v) is 1.76. The third kappa shape index (κ3) is 4.95. The molecule has 0 saturated heterocycles. The molecule has 6 heteroatoms. The largest absolute Gasteiger partial charge is 0.481 e. The van der Waals surface area contributed by atoms with Crippen LogP contribution in [-0.4, -0.2) is 23.0 Å². The van der Waals surface area contributed by atoms with Gasteiger partial charge in [0.05, 0.1) is 6.42 Å². The molecule has 19 heavy (non-hydrogen) atoms. The standard InChI is InChI=1S/C13H17NO5/c1-3-4-9(6-12(16)17)14-13(18)11-7-10(15)5-8(2)19-11/h5,7,9H,3-4,6H2,1-2H3,(H,14,18)(H,16,17)/t9-/m0/s1. The summed E-state index contributed by atoms with van der Waals surface area (Å²) in [6.07, 6.45) is 1.14. The minimum atomic E-state index is -0.982. The maximum atomic E-state index is 11.9. The molecule has 0 aromatic carbocycles. The SMILES string of the molecule is CCC[C@@H](CC(=O)O)NC(=O)c1cc(=O)cc(C)o1. The minimum Gasteiger partial charge on any atom is -0.481 e. The van der Waals surface area contributed by atoms with Gasteiger partial charge in [-0.05, 0) is 13.3 Å². The van der Waals surface area contributed by atoms with Crippen LogP contribution in [0.15, 0.2) is 21.3 Å². The Balaban J connectivity index is 2.80. The Hall–Kier alpha value is -2.11. The third-order valence-corrected chi connectivity index (χ3v) is 2.51. The van der Waals surface area contributed by atoms with Crippen molar-refractivity contribution < 1.29 is 19.1 Å². The summed E-state index contributed by atoms with van der Waals surface area (Å²) >= 11 is 0. The van der Waals surface area contributed by atoms with Gasteiger partial charge in [-0.3, -0.25) is 14.4 Å². The Bertz CT molecular complexity index is 520. The summed E-state index contributed by atoms with van der Waals surface area (Å²) < 4.78 is 5.14. The molecule has 0 fully saturated rings. The van der Waals surface area contributed by atoms with Crippen LogP contribution in [0.1, 0.15) is 42.5 Å². The van der Waals surface area contributed by atoms with Crippen molar-refractivity contribution in [3.8, 4) is 0 Å².